The maximum Gasteiger partial charge on any atom is 0.293 e. The molecule has 0 atom stereocenters. The van der Waals surface area contributed by atoms with Crippen LogP contribution in [0.5, 0.6) is 0 Å². The molecule has 15 heteroatoms. The van der Waals surface area contributed by atoms with Gasteiger partial charge in [0.1, 0.15) is 10.6 Å². The Morgan fingerprint density at radius 3 is 2.22 bits per heavy atom. The van der Waals surface area contributed by atoms with E-state index in [0.717, 1.165) is 12.1 Å². The van der Waals surface area contributed by atoms with Gasteiger partial charge in [-0.2, -0.15) is 9.41 Å². The molecule has 0 amide bonds. The first kappa shape index (κ1) is 25.4. The van der Waals surface area contributed by atoms with Crippen LogP contribution in [0.15, 0.2) is 46.4 Å². The first-order valence-electron chi connectivity index (χ1n) is 11.0. The molecule has 36 heavy (non-hydrogen) atoms. The smallest absolute Gasteiger partial charge is 0.293 e. The van der Waals surface area contributed by atoms with Crippen LogP contribution < -0.4 is 10.3 Å². The van der Waals surface area contributed by atoms with Crippen molar-refractivity contribution in [2.45, 2.75) is 4.90 Å². The van der Waals surface area contributed by atoms with Crippen molar-refractivity contribution in [3.05, 3.63) is 62.2 Å². The van der Waals surface area contributed by atoms with E-state index >= 15 is 0 Å². The van der Waals surface area contributed by atoms with E-state index < -0.39 is 19.9 Å². The van der Waals surface area contributed by atoms with Crippen LogP contribution in [0.25, 0.3) is 0 Å². The lowest BCUT2D eigenvalue weighted by Gasteiger charge is -2.28. The molecule has 2 aromatic carbocycles. The van der Waals surface area contributed by atoms with Crippen molar-refractivity contribution in [1.29, 1.82) is 0 Å². The molecule has 0 spiro atoms. The Morgan fingerprint density at radius 1 is 0.917 bits per heavy atom. The fourth-order valence-corrected chi connectivity index (χ4v) is 5.44. The first-order valence-corrected chi connectivity index (χ1v) is 12.5. The number of ether oxygens (including phenoxy) is 2. The SMILES string of the molecule is O=[N+]([O-])c1ccc(N/N=C/c2ccc(N3CCOCC3)c([N+](=O)[O-])c2)c(S(=O)(=O)N2CCOCC2)c1. The Balaban J connectivity index is 1.60. The lowest BCUT2D eigenvalue weighted by Crippen LogP contribution is -2.40. The van der Waals surface area contributed by atoms with E-state index in [1.807, 2.05) is 4.90 Å². The van der Waals surface area contributed by atoms with Gasteiger partial charge < -0.3 is 14.4 Å². The lowest BCUT2D eigenvalue weighted by atomic mass is 10.1. The summed E-state index contributed by atoms with van der Waals surface area (Å²) in [4.78, 5) is 23.3. The van der Waals surface area contributed by atoms with Gasteiger partial charge in [0.2, 0.25) is 10.0 Å². The van der Waals surface area contributed by atoms with E-state index in [2.05, 4.69) is 10.5 Å². The van der Waals surface area contributed by atoms with Gasteiger partial charge in [0.25, 0.3) is 11.4 Å². The van der Waals surface area contributed by atoms with Crippen molar-refractivity contribution >= 4 is 39.0 Å². The molecular formula is C21H24N6O8S. The summed E-state index contributed by atoms with van der Waals surface area (Å²) in [6, 6.07) is 8.06. The Bertz CT molecular complexity index is 1270. The van der Waals surface area contributed by atoms with Gasteiger partial charge in [-0.05, 0) is 12.1 Å². The normalized spacial score (nSPS) is 17.3. The van der Waals surface area contributed by atoms with Gasteiger partial charge in [0.15, 0.2) is 0 Å². The Kier molecular flexibility index (Phi) is 7.73. The number of nitrogens with zero attached hydrogens (tertiary/aromatic N) is 5. The minimum Gasteiger partial charge on any atom is -0.379 e. The molecule has 0 radical (unpaired) electrons. The molecular weight excluding hydrogens is 496 g/mol. The standard InChI is InChI=1S/C21H24N6O8S/c28-26(29)17-2-3-18(21(14-17)36(32,33)25-7-11-35-12-8-25)23-22-15-16-1-4-19(20(13-16)27(30)31)24-5-9-34-10-6-24/h1-4,13-15,23H,5-12H2/b22-15+. The van der Waals surface area contributed by atoms with Crippen LogP contribution in [0, 0.1) is 20.2 Å². The number of sulfonamides is 1. The van der Waals surface area contributed by atoms with E-state index in [0.29, 0.717) is 37.6 Å². The maximum atomic E-state index is 13.2. The van der Waals surface area contributed by atoms with E-state index in [1.165, 1.54) is 22.7 Å². The second-order valence-electron chi connectivity index (χ2n) is 7.93. The van der Waals surface area contributed by atoms with Crippen LogP contribution in [-0.4, -0.2) is 81.4 Å². The molecule has 4 rings (SSSR count). The topological polar surface area (TPSA) is 170 Å². The number of nitrogens with one attached hydrogen (secondary N) is 1. The van der Waals surface area contributed by atoms with Crippen molar-refractivity contribution in [2.75, 3.05) is 62.9 Å². The zero-order chi connectivity index (χ0) is 25.7. The van der Waals surface area contributed by atoms with Gasteiger partial charge >= 0.3 is 0 Å². The zero-order valence-corrected chi connectivity index (χ0v) is 19.9. The molecule has 1 N–H and O–H groups in total. The largest absolute Gasteiger partial charge is 0.379 e. The molecule has 0 unspecified atom stereocenters. The average molecular weight is 521 g/mol. The van der Waals surface area contributed by atoms with Crippen LogP contribution in [0.4, 0.5) is 22.7 Å². The lowest BCUT2D eigenvalue weighted by molar-refractivity contribution is -0.385. The van der Waals surface area contributed by atoms with Gasteiger partial charge in [-0.15, -0.1) is 0 Å². The van der Waals surface area contributed by atoms with Gasteiger partial charge in [-0.3, -0.25) is 25.7 Å². The maximum absolute atomic E-state index is 13.2. The summed E-state index contributed by atoms with van der Waals surface area (Å²) in [5.41, 5.74) is 3.05. The second-order valence-corrected chi connectivity index (χ2v) is 9.84. The van der Waals surface area contributed by atoms with Crippen LogP contribution in [0.2, 0.25) is 0 Å². The van der Waals surface area contributed by atoms with Crippen LogP contribution in [0.3, 0.4) is 0 Å². The second kappa shape index (κ2) is 10.9. The number of hydrogen-bond donors (Lipinski definition) is 1. The van der Waals surface area contributed by atoms with E-state index in [-0.39, 0.29) is 48.3 Å². The predicted octanol–water partition coefficient (Wildman–Crippen LogP) is 1.81. The third-order valence-electron chi connectivity index (χ3n) is 5.71. The summed E-state index contributed by atoms with van der Waals surface area (Å²) in [5, 5.41) is 27.0. The highest BCUT2D eigenvalue weighted by Gasteiger charge is 2.30. The number of nitro benzene ring substituents is 2. The van der Waals surface area contributed by atoms with Gasteiger partial charge in [0, 0.05) is 49.9 Å². The Morgan fingerprint density at radius 2 is 1.58 bits per heavy atom. The average Bonchev–Trinajstić information content (AvgIpc) is 2.89. The summed E-state index contributed by atoms with van der Waals surface area (Å²) in [7, 11) is -4.07. The molecule has 14 nitrogen and oxygen atoms in total. The molecule has 0 aromatic heterocycles. The summed E-state index contributed by atoms with van der Waals surface area (Å²) < 4.78 is 38.1. The van der Waals surface area contributed by atoms with Crippen LogP contribution in [0.1, 0.15) is 5.56 Å². The number of anilines is 2. The van der Waals surface area contributed by atoms with E-state index in [4.69, 9.17) is 9.47 Å². The fraction of sp³-hybridized carbons (Fsp3) is 0.381. The number of morpholine rings is 2. The molecule has 2 fully saturated rings. The number of benzene rings is 2. The molecule has 2 aromatic rings. The number of hydrogen-bond acceptors (Lipinski definition) is 11. The summed E-state index contributed by atoms with van der Waals surface area (Å²) in [6.45, 7) is 2.71. The highest BCUT2D eigenvalue weighted by Crippen LogP contribution is 2.31. The van der Waals surface area contributed by atoms with Gasteiger partial charge in [-0.1, -0.05) is 6.07 Å². The van der Waals surface area contributed by atoms with E-state index in [9.17, 15) is 28.6 Å². The third-order valence-corrected chi connectivity index (χ3v) is 7.65. The predicted molar refractivity (Wildman–Crippen MR) is 130 cm³/mol. The fourth-order valence-electron chi connectivity index (χ4n) is 3.87. The third kappa shape index (κ3) is 5.59. The van der Waals surface area contributed by atoms with Crippen molar-refractivity contribution in [1.82, 2.24) is 4.31 Å². The van der Waals surface area contributed by atoms with Crippen molar-refractivity contribution < 1.29 is 27.7 Å². The summed E-state index contributed by atoms with van der Waals surface area (Å²) in [6.07, 6.45) is 1.31. The van der Waals surface area contributed by atoms with Crippen LogP contribution in [-0.2, 0) is 19.5 Å². The number of rotatable bonds is 8. The first-order chi connectivity index (χ1) is 17.3. The molecule has 2 aliphatic heterocycles. The molecule has 192 valence electrons. The highest BCUT2D eigenvalue weighted by molar-refractivity contribution is 7.89. The van der Waals surface area contributed by atoms with Gasteiger partial charge in [-0.25, -0.2) is 8.42 Å². The van der Waals surface area contributed by atoms with Crippen molar-refractivity contribution in [2.24, 2.45) is 5.10 Å². The Labute approximate surface area is 206 Å². The number of nitro groups is 2. The molecule has 2 heterocycles. The highest BCUT2D eigenvalue weighted by atomic mass is 32.2. The van der Waals surface area contributed by atoms with Crippen LogP contribution >= 0.6 is 0 Å². The van der Waals surface area contributed by atoms with Crippen molar-refractivity contribution in [3.8, 4) is 0 Å². The monoisotopic (exact) mass is 520 g/mol. The minimum absolute atomic E-state index is 0.0304. The van der Waals surface area contributed by atoms with E-state index in [1.54, 1.807) is 12.1 Å². The summed E-state index contributed by atoms with van der Waals surface area (Å²) in [5.74, 6) is 0. The molecule has 2 saturated heterocycles. The quantitative estimate of drug-likeness (QED) is 0.308. The number of non-ortho nitro benzene ring substituents is 1. The van der Waals surface area contributed by atoms with Crippen molar-refractivity contribution in [3.63, 3.8) is 0 Å². The molecule has 0 aliphatic carbocycles. The zero-order valence-electron chi connectivity index (χ0n) is 19.1. The number of hydrazone groups is 1. The minimum atomic E-state index is -4.07. The molecule has 0 saturated carbocycles. The Hall–Kier alpha value is -3.66. The molecule has 0 bridgehead atoms. The summed E-state index contributed by atoms with van der Waals surface area (Å²) >= 11 is 0. The van der Waals surface area contributed by atoms with Gasteiger partial charge in [0.05, 0.1) is 48.2 Å². The molecule has 2 aliphatic rings.